The molecule has 0 unspecified atom stereocenters. The molecule has 0 saturated carbocycles. The monoisotopic (exact) mass is 257 g/mol. The van der Waals surface area contributed by atoms with Crippen LogP contribution in [0.4, 0.5) is 11.4 Å². The Labute approximate surface area is 108 Å². The van der Waals surface area contributed by atoms with E-state index in [2.05, 4.69) is 22.0 Å². The van der Waals surface area contributed by atoms with Gasteiger partial charge in [0.1, 0.15) is 5.52 Å². The van der Waals surface area contributed by atoms with E-state index in [0.29, 0.717) is 5.39 Å². The highest BCUT2D eigenvalue weighted by Gasteiger charge is 2.20. The van der Waals surface area contributed by atoms with E-state index >= 15 is 0 Å². The van der Waals surface area contributed by atoms with Crippen LogP contribution in [-0.2, 0) is 0 Å². The number of rotatable bonds is 2. The minimum atomic E-state index is -0.611. The number of fused-ring (bicyclic) bond motifs is 1. The highest BCUT2D eigenvalue weighted by Crippen LogP contribution is 2.37. The maximum atomic E-state index is 10.8. The first-order chi connectivity index (χ1) is 9.18. The third-order valence-electron chi connectivity index (χ3n) is 3.20. The van der Waals surface area contributed by atoms with Crippen LogP contribution in [0.1, 0.15) is 0 Å². The van der Waals surface area contributed by atoms with Crippen molar-refractivity contribution in [1.82, 2.24) is 4.98 Å². The fraction of sp³-hybridized carbons (Fsp3) is 0.154. The molecule has 1 N–H and O–H groups in total. The van der Waals surface area contributed by atoms with Crippen LogP contribution in [0.25, 0.3) is 10.9 Å². The number of aromatic hydroxyl groups is 1. The minimum Gasteiger partial charge on any atom is -0.501 e. The van der Waals surface area contributed by atoms with Crippen LogP contribution in [-0.4, -0.2) is 28.1 Å². The van der Waals surface area contributed by atoms with Gasteiger partial charge in [-0.15, -0.1) is 0 Å². The fourth-order valence-corrected chi connectivity index (χ4v) is 2.28. The lowest BCUT2D eigenvalue weighted by Gasteiger charge is -2.19. The lowest BCUT2D eigenvalue weighted by atomic mass is 10.1. The first-order valence-electron chi connectivity index (χ1n) is 5.83. The summed E-state index contributed by atoms with van der Waals surface area (Å²) in [7, 11) is 0. The van der Waals surface area contributed by atoms with Crippen molar-refractivity contribution in [3.63, 3.8) is 0 Å². The van der Waals surface area contributed by atoms with E-state index in [4.69, 9.17) is 0 Å². The first kappa shape index (κ1) is 11.5. The van der Waals surface area contributed by atoms with Crippen LogP contribution in [0.2, 0.25) is 0 Å². The zero-order chi connectivity index (χ0) is 13.4. The van der Waals surface area contributed by atoms with E-state index in [1.807, 2.05) is 6.07 Å². The molecule has 3 rings (SSSR count). The molecule has 6 nitrogen and oxygen atoms in total. The molecule has 1 aromatic carbocycles. The molecule has 0 amide bonds. The first-order valence-corrected chi connectivity index (χ1v) is 5.83. The Morgan fingerprint density at radius 2 is 2.00 bits per heavy atom. The maximum absolute atomic E-state index is 10.8. The predicted molar refractivity (Wildman–Crippen MR) is 71.4 cm³/mol. The van der Waals surface area contributed by atoms with Gasteiger partial charge in [-0.3, -0.25) is 15.1 Å². The molecule has 19 heavy (non-hydrogen) atoms. The quantitative estimate of drug-likeness (QED) is 0.507. The molecule has 0 saturated heterocycles. The number of hydrogen-bond donors (Lipinski definition) is 1. The smallest absolute Gasteiger partial charge is 0.313 e. The van der Waals surface area contributed by atoms with Gasteiger partial charge in [0, 0.05) is 36.4 Å². The van der Waals surface area contributed by atoms with E-state index in [-0.39, 0.29) is 17.0 Å². The predicted octanol–water partition coefficient (Wildman–Crippen LogP) is 2.22. The summed E-state index contributed by atoms with van der Waals surface area (Å²) in [5.41, 5.74) is 0.857. The number of benzene rings is 1. The van der Waals surface area contributed by atoms with Crippen LogP contribution >= 0.6 is 0 Å². The number of anilines is 1. The van der Waals surface area contributed by atoms with E-state index in [1.54, 1.807) is 12.3 Å². The average Bonchev–Trinajstić information content (AvgIpc) is 2.92. The topological polar surface area (TPSA) is 79.5 Å². The third-order valence-corrected chi connectivity index (χ3v) is 3.20. The summed E-state index contributed by atoms with van der Waals surface area (Å²) in [6.45, 7) is 1.58. The molecular weight excluding hydrogens is 246 g/mol. The Bertz CT molecular complexity index is 689. The summed E-state index contributed by atoms with van der Waals surface area (Å²) < 4.78 is 0. The fourth-order valence-electron chi connectivity index (χ4n) is 2.28. The molecule has 0 fully saturated rings. The number of nitro benzene ring substituents is 1. The number of phenolic OH excluding ortho intramolecular Hbond substituents is 1. The molecule has 0 atom stereocenters. The number of nitrogens with zero attached hydrogens (tertiary/aromatic N) is 3. The Morgan fingerprint density at radius 3 is 2.68 bits per heavy atom. The minimum absolute atomic E-state index is 0.263. The normalized spacial score (nSPS) is 14.2. The highest BCUT2D eigenvalue weighted by atomic mass is 16.6. The van der Waals surface area contributed by atoms with Gasteiger partial charge in [-0.1, -0.05) is 12.2 Å². The van der Waals surface area contributed by atoms with Crippen LogP contribution in [0.5, 0.6) is 5.75 Å². The summed E-state index contributed by atoms with van der Waals surface area (Å²) in [5, 5.41) is 21.5. The Balaban J connectivity index is 2.21. The second-order valence-electron chi connectivity index (χ2n) is 4.29. The van der Waals surface area contributed by atoms with Gasteiger partial charge in [0.15, 0.2) is 0 Å². The molecule has 0 spiro atoms. The molecule has 0 aliphatic carbocycles. The van der Waals surface area contributed by atoms with Crippen LogP contribution < -0.4 is 4.90 Å². The van der Waals surface area contributed by atoms with Crippen molar-refractivity contribution in [2.24, 2.45) is 0 Å². The van der Waals surface area contributed by atoms with Gasteiger partial charge >= 0.3 is 5.69 Å². The van der Waals surface area contributed by atoms with Crippen molar-refractivity contribution >= 4 is 22.3 Å². The van der Waals surface area contributed by atoms with Crippen molar-refractivity contribution in [1.29, 1.82) is 0 Å². The summed E-state index contributed by atoms with van der Waals surface area (Å²) >= 11 is 0. The van der Waals surface area contributed by atoms with Crippen molar-refractivity contribution in [2.75, 3.05) is 18.0 Å². The number of hydrogen-bond acceptors (Lipinski definition) is 5. The highest BCUT2D eigenvalue weighted by molar-refractivity contribution is 5.97. The maximum Gasteiger partial charge on any atom is 0.313 e. The van der Waals surface area contributed by atoms with E-state index < -0.39 is 4.92 Å². The second-order valence-corrected chi connectivity index (χ2v) is 4.29. The van der Waals surface area contributed by atoms with Crippen molar-refractivity contribution < 1.29 is 10.0 Å². The van der Waals surface area contributed by atoms with Gasteiger partial charge in [0.05, 0.1) is 4.92 Å². The van der Waals surface area contributed by atoms with Crippen molar-refractivity contribution in [3.8, 4) is 5.75 Å². The third kappa shape index (κ3) is 1.77. The zero-order valence-electron chi connectivity index (χ0n) is 9.98. The largest absolute Gasteiger partial charge is 0.501 e. The molecule has 2 heterocycles. The Kier molecular flexibility index (Phi) is 2.56. The molecule has 6 heteroatoms. The number of nitro groups is 1. The second kappa shape index (κ2) is 4.24. The lowest BCUT2D eigenvalue weighted by molar-refractivity contribution is -0.385. The van der Waals surface area contributed by atoms with Crippen LogP contribution in [0.3, 0.4) is 0 Å². The van der Waals surface area contributed by atoms with Gasteiger partial charge in [-0.25, -0.2) is 0 Å². The summed E-state index contributed by atoms with van der Waals surface area (Å²) in [6, 6.07) is 4.79. The summed E-state index contributed by atoms with van der Waals surface area (Å²) in [5.74, 6) is -0.378. The molecule has 96 valence electrons. The number of aromatic nitrogens is 1. The Hall–Kier alpha value is -2.63. The van der Waals surface area contributed by atoms with Gasteiger partial charge in [-0.2, -0.15) is 0 Å². The van der Waals surface area contributed by atoms with Crippen LogP contribution in [0, 0.1) is 10.1 Å². The molecule has 0 radical (unpaired) electrons. The molecular formula is C13H11N3O3. The van der Waals surface area contributed by atoms with Gasteiger partial charge < -0.3 is 10.0 Å². The standard InChI is InChI=1S/C13H11N3O3/c17-13-11(16(18)19)4-3-9-10(5-6-14-12(9)13)15-7-1-2-8-15/h1-6,17H,7-8H2. The van der Waals surface area contributed by atoms with E-state index in [0.717, 1.165) is 18.8 Å². The van der Waals surface area contributed by atoms with Gasteiger partial charge in [-0.05, 0) is 12.1 Å². The lowest BCUT2D eigenvalue weighted by Crippen LogP contribution is -2.18. The van der Waals surface area contributed by atoms with Gasteiger partial charge in [0.25, 0.3) is 0 Å². The average molecular weight is 257 g/mol. The van der Waals surface area contributed by atoms with Crippen LogP contribution in [0.15, 0.2) is 36.5 Å². The molecule has 1 aliphatic rings. The SMILES string of the molecule is O=[N+]([O-])c1ccc2c(N3CC=CC3)ccnc2c1O. The molecule has 2 aromatic rings. The number of pyridine rings is 1. The summed E-state index contributed by atoms with van der Waals surface area (Å²) in [4.78, 5) is 16.4. The van der Waals surface area contributed by atoms with Gasteiger partial charge in [0.2, 0.25) is 5.75 Å². The molecule has 1 aromatic heterocycles. The molecule has 0 bridgehead atoms. The van der Waals surface area contributed by atoms with Crippen molar-refractivity contribution in [3.05, 3.63) is 46.7 Å². The van der Waals surface area contributed by atoms with Crippen molar-refractivity contribution in [2.45, 2.75) is 0 Å². The van der Waals surface area contributed by atoms with E-state index in [9.17, 15) is 15.2 Å². The molecule has 1 aliphatic heterocycles. The summed E-state index contributed by atoms with van der Waals surface area (Å²) in [6.07, 6.45) is 5.66. The van der Waals surface area contributed by atoms with E-state index in [1.165, 1.54) is 6.07 Å². The zero-order valence-corrected chi connectivity index (χ0v) is 9.98. The number of phenols is 1. The Morgan fingerprint density at radius 1 is 1.26 bits per heavy atom.